The topological polar surface area (TPSA) is 61.0 Å². The molecular formula is C10H7ClFN3O. The molecule has 0 aliphatic rings. The number of ether oxygens (including phenoxy) is 1. The van der Waals surface area contributed by atoms with Crippen molar-refractivity contribution in [1.29, 1.82) is 0 Å². The van der Waals surface area contributed by atoms with Gasteiger partial charge in [-0.05, 0) is 24.3 Å². The van der Waals surface area contributed by atoms with Gasteiger partial charge in [-0.15, -0.1) is 0 Å². The molecule has 2 aromatic rings. The number of hydrogen-bond donors (Lipinski definition) is 1. The Kier molecular flexibility index (Phi) is 2.87. The van der Waals surface area contributed by atoms with Gasteiger partial charge >= 0.3 is 0 Å². The molecule has 0 amide bonds. The van der Waals surface area contributed by atoms with Crippen LogP contribution in [0.1, 0.15) is 0 Å². The van der Waals surface area contributed by atoms with Crippen LogP contribution < -0.4 is 10.5 Å². The third-order valence-corrected chi connectivity index (χ3v) is 2.02. The van der Waals surface area contributed by atoms with E-state index in [1.807, 2.05) is 0 Å². The molecule has 16 heavy (non-hydrogen) atoms. The van der Waals surface area contributed by atoms with Crippen LogP contribution >= 0.6 is 11.6 Å². The van der Waals surface area contributed by atoms with Crippen molar-refractivity contribution in [3.8, 4) is 11.6 Å². The zero-order chi connectivity index (χ0) is 11.5. The third kappa shape index (κ3) is 2.38. The van der Waals surface area contributed by atoms with Gasteiger partial charge in [0.2, 0.25) is 11.8 Å². The number of nitrogen functional groups attached to an aromatic ring is 1. The summed E-state index contributed by atoms with van der Waals surface area (Å²) < 4.78 is 18.0. The smallest absolute Gasteiger partial charge is 0.243 e. The predicted molar refractivity (Wildman–Crippen MR) is 57.9 cm³/mol. The molecule has 0 atom stereocenters. The SMILES string of the molecule is Nc1ncc(Cl)c(Oc2ccc(F)cc2)n1. The fourth-order valence-corrected chi connectivity index (χ4v) is 1.18. The van der Waals surface area contributed by atoms with Gasteiger partial charge in [0.25, 0.3) is 0 Å². The Balaban J connectivity index is 2.26. The van der Waals surface area contributed by atoms with E-state index in [0.29, 0.717) is 5.75 Å². The highest BCUT2D eigenvalue weighted by Gasteiger charge is 2.06. The Morgan fingerprint density at radius 2 is 1.94 bits per heavy atom. The second-order valence-electron chi connectivity index (χ2n) is 2.94. The van der Waals surface area contributed by atoms with E-state index in [0.717, 1.165) is 0 Å². The highest BCUT2D eigenvalue weighted by atomic mass is 35.5. The standard InChI is InChI=1S/C10H7ClFN3O/c11-8-5-14-10(13)15-9(8)16-7-3-1-6(12)2-4-7/h1-5H,(H2,13,14,15). The van der Waals surface area contributed by atoms with E-state index in [1.54, 1.807) is 0 Å². The van der Waals surface area contributed by atoms with Gasteiger partial charge in [-0.1, -0.05) is 11.6 Å². The zero-order valence-electron chi connectivity index (χ0n) is 8.02. The summed E-state index contributed by atoms with van der Waals surface area (Å²) in [5.74, 6) is 0.268. The average molecular weight is 240 g/mol. The molecule has 0 fully saturated rings. The van der Waals surface area contributed by atoms with Crippen LogP contribution in [0.3, 0.4) is 0 Å². The van der Waals surface area contributed by atoms with Crippen molar-refractivity contribution in [3.05, 3.63) is 41.3 Å². The number of rotatable bonds is 2. The first-order valence-corrected chi connectivity index (χ1v) is 4.74. The number of halogens is 2. The molecule has 0 saturated heterocycles. The van der Waals surface area contributed by atoms with Crippen LogP contribution in [0.25, 0.3) is 0 Å². The monoisotopic (exact) mass is 239 g/mol. The fourth-order valence-electron chi connectivity index (χ4n) is 1.05. The van der Waals surface area contributed by atoms with Gasteiger partial charge in [-0.25, -0.2) is 9.37 Å². The molecule has 1 heterocycles. The summed E-state index contributed by atoms with van der Waals surface area (Å²) >= 11 is 5.80. The van der Waals surface area contributed by atoms with Crippen LogP contribution in [0, 0.1) is 5.82 Å². The molecule has 1 aromatic carbocycles. The summed E-state index contributed by atoms with van der Waals surface area (Å²) in [6.07, 6.45) is 1.34. The van der Waals surface area contributed by atoms with E-state index < -0.39 is 0 Å². The van der Waals surface area contributed by atoms with Gasteiger partial charge < -0.3 is 10.5 Å². The molecule has 2 rings (SSSR count). The maximum atomic E-state index is 12.6. The van der Waals surface area contributed by atoms with Gasteiger partial charge in [-0.2, -0.15) is 4.98 Å². The number of anilines is 1. The van der Waals surface area contributed by atoms with Crippen LogP contribution in [-0.2, 0) is 0 Å². The van der Waals surface area contributed by atoms with Crippen molar-refractivity contribution >= 4 is 17.5 Å². The molecular weight excluding hydrogens is 233 g/mol. The molecule has 4 nitrogen and oxygen atoms in total. The quantitative estimate of drug-likeness (QED) is 0.875. The molecule has 0 radical (unpaired) electrons. The lowest BCUT2D eigenvalue weighted by Crippen LogP contribution is -1.97. The van der Waals surface area contributed by atoms with Gasteiger partial charge in [0.1, 0.15) is 16.6 Å². The second kappa shape index (κ2) is 4.32. The molecule has 2 N–H and O–H groups in total. The van der Waals surface area contributed by atoms with E-state index in [4.69, 9.17) is 22.1 Å². The first kappa shape index (κ1) is 10.6. The van der Waals surface area contributed by atoms with Crippen molar-refractivity contribution < 1.29 is 9.13 Å². The number of nitrogens with two attached hydrogens (primary N) is 1. The molecule has 0 saturated carbocycles. The highest BCUT2D eigenvalue weighted by Crippen LogP contribution is 2.26. The van der Waals surface area contributed by atoms with Crippen molar-refractivity contribution in [3.63, 3.8) is 0 Å². The van der Waals surface area contributed by atoms with Gasteiger partial charge in [-0.3, -0.25) is 0 Å². The first-order valence-electron chi connectivity index (χ1n) is 4.36. The lowest BCUT2D eigenvalue weighted by atomic mass is 10.3. The summed E-state index contributed by atoms with van der Waals surface area (Å²) in [4.78, 5) is 7.50. The highest BCUT2D eigenvalue weighted by molar-refractivity contribution is 6.31. The van der Waals surface area contributed by atoms with Crippen LogP contribution in [0.15, 0.2) is 30.5 Å². The number of aromatic nitrogens is 2. The summed E-state index contributed by atoms with van der Waals surface area (Å²) in [5, 5.41) is 0.235. The molecule has 0 aliphatic heterocycles. The lowest BCUT2D eigenvalue weighted by molar-refractivity contribution is 0.461. The molecule has 6 heteroatoms. The van der Waals surface area contributed by atoms with E-state index >= 15 is 0 Å². The predicted octanol–water partition coefficient (Wildman–Crippen LogP) is 2.64. The largest absolute Gasteiger partial charge is 0.437 e. The number of nitrogens with zero attached hydrogens (tertiary/aromatic N) is 2. The fraction of sp³-hybridized carbons (Fsp3) is 0. The molecule has 0 bridgehead atoms. The van der Waals surface area contributed by atoms with Gasteiger partial charge in [0.15, 0.2) is 0 Å². The molecule has 0 spiro atoms. The Labute approximate surface area is 95.9 Å². The minimum atomic E-state index is -0.347. The summed E-state index contributed by atoms with van der Waals surface area (Å²) in [7, 11) is 0. The van der Waals surface area contributed by atoms with Crippen LogP contribution in [-0.4, -0.2) is 9.97 Å². The molecule has 0 unspecified atom stereocenters. The van der Waals surface area contributed by atoms with Crippen molar-refractivity contribution in [1.82, 2.24) is 9.97 Å². The van der Waals surface area contributed by atoms with E-state index in [-0.39, 0.29) is 22.7 Å². The third-order valence-electron chi connectivity index (χ3n) is 1.76. The summed E-state index contributed by atoms with van der Waals surface area (Å²) in [6, 6.07) is 5.47. The van der Waals surface area contributed by atoms with E-state index in [1.165, 1.54) is 30.5 Å². The number of benzene rings is 1. The van der Waals surface area contributed by atoms with Gasteiger partial charge in [0, 0.05) is 0 Å². The first-order chi connectivity index (χ1) is 7.65. The molecule has 82 valence electrons. The van der Waals surface area contributed by atoms with Crippen molar-refractivity contribution in [2.24, 2.45) is 0 Å². The Morgan fingerprint density at radius 3 is 2.62 bits per heavy atom. The summed E-state index contributed by atoms with van der Waals surface area (Å²) in [6.45, 7) is 0. The Hall–Kier alpha value is -1.88. The number of hydrogen-bond acceptors (Lipinski definition) is 4. The molecule has 1 aromatic heterocycles. The van der Waals surface area contributed by atoms with E-state index in [9.17, 15) is 4.39 Å². The summed E-state index contributed by atoms with van der Waals surface area (Å²) in [5.41, 5.74) is 5.38. The maximum absolute atomic E-state index is 12.6. The van der Waals surface area contributed by atoms with Gasteiger partial charge in [0.05, 0.1) is 6.20 Å². The van der Waals surface area contributed by atoms with Crippen LogP contribution in [0.5, 0.6) is 11.6 Å². The minimum Gasteiger partial charge on any atom is -0.437 e. The zero-order valence-corrected chi connectivity index (χ0v) is 8.78. The van der Waals surface area contributed by atoms with Crippen molar-refractivity contribution in [2.75, 3.05) is 5.73 Å². The average Bonchev–Trinajstić information content (AvgIpc) is 2.27. The van der Waals surface area contributed by atoms with Crippen molar-refractivity contribution in [2.45, 2.75) is 0 Å². The minimum absolute atomic E-state index is 0.0570. The van der Waals surface area contributed by atoms with E-state index in [2.05, 4.69) is 9.97 Å². The van der Waals surface area contributed by atoms with Crippen LogP contribution in [0.4, 0.5) is 10.3 Å². The van der Waals surface area contributed by atoms with Crippen LogP contribution in [0.2, 0.25) is 5.02 Å². The lowest BCUT2D eigenvalue weighted by Gasteiger charge is -2.05. The normalized spacial score (nSPS) is 10.1. The molecule has 0 aliphatic carbocycles. The maximum Gasteiger partial charge on any atom is 0.243 e. The second-order valence-corrected chi connectivity index (χ2v) is 3.34. The Morgan fingerprint density at radius 1 is 1.25 bits per heavy atom. The Bertz CT molecular complexity index is 504.